The van der Waals surface area contributed by atoms with E-state index in [0.29, 0.717) is 6.04 Å². The Morgan fingerprint density at radius 1 is 1.22 bits per heavy atom. The van der Waals surface area contributed by atoms with Gasteiger partial charge in [-0.05, 0) is 32.3 Å². The Morgan fingerprint density at radius 3 is 2.70 bits per heavy atom. The summed E-state index contributed by atoms with van der Waals surface area (Å²) in [6, 6.07) is 8.85. The number of aryl methyl sites for hydroxylation is 1. The first-order valence-corrected chi connectivity index (χ1v) is 11.1. The number of benzene rings is 1. The van der Waals surface area contributed by atoms with E-state index in [1.807, 2.05) is 6.92 Å². The molecule has 1 aliphatic carbocycles. The molecule has 0 radical (unpaired) electrons. The van der Waals surface area contributed by atoms with Crippen LogP contribution in [0.5, 0.6) is 0 Å². The number of carbonyl (C=O) groups is 1. The molecule has 27 heavy (non-hydrogen) atoms. The number of aromatic nitrogens is 2. The van der Waals surface area contributed by atoms with Gasteiger partial charge in [-0.1, -0.05) is 54.4 Å². The number of hydrogen-bond donors (Lipinski definition) is 1. The van der Waals surface area contributed by atoms with Crippen LogP contribution >= 0.6 is 23.1 Å². The summed E-state index contributed by atoms with van der Waals surface area (Å²) in [6.07, 6.45) is 6.23. The van der Waals surface area contributed by atoms with Crippen molar-refractivity contribution in [3.63, 3.8) is 0 Å². The predicted octanol–water partition coefficient (Wildman–Crippen LogP) is 5.21. The van der Waals surface area contributed by atoms with Crippen molar-refractivity contribution in [2.24, 2.45) is 0 Å². The second-order valence-corrected chi connectivity index (χ2v) is 9.31. The van der Waals surface area contributed by atoms with Crippen LogP contribution in [0.25, 0.3) is 21.3 Å². The minimum Gasteiger partial charge on any atom is -0.352 e. The monoisotopic (exact) mass is 397 g/mol. The third-order valence-electron chi connectivity index (χ3n) is 5.06. The van der Waals surface area contributed by atoms with Gasteiger partial charge in [-0.3, -0.25) is 4.79 Å². The van der Waals surface area contributed by atoms with Crippen molar-refractivity contribution in [2.45, 2.75) is 55.8 Å². The lowest BCUT2D eigenvalue weighted by molar-refractivity contribution is -0.120. The molecule has 1 fully saturated rings. The lowest BCUT2D eigenvalue weighted by Crippen LogP contribution is -2.37. The molecule has 4 nitrogen and oxygen atoms in total. The predicted molar refractivity (Wildman–Crippen MR) is 113 cm³/mol. The molecule has 1 amide bonds. The van der Waals surface area contributed by atoms with Gasteiger partial charge >= 0.3 is 0 Å². The van der Waals surface area contributed by atoms with Crippen LogP contribution in [0, 0.1) is 6.92 Å². The number of amides is 1. The number of nitrogens with zero attached hydrogens (tertiary/aromatic N) is 2. The van der Waals surface area contributed by atoms with Gasteiger partial charge in [0, 0.05) is 17.0 Å². The van der Waals surface area contributed by atoms with Crippen LogP contribution in [0.2, 0.25) is 0 Å². The van der Waals surface area contributed by atoms with E-state index in [0.717, 1.165) is 39.2 Å². The Kier molecular flexibility index (Phi) is 5.45. The van der Waals surface area contributed by atoms with Gasteiger partial charge < -0.3 is 5.32 Å². The standard InChI is InChI=1S/C21H23N3OS2/c1-13-7-9-15(10-8-13)17-11-26-20-18(17)21(23-12-22-20)27-14(2)19(25)24-16-5-3-4-6-16/h7-12,14,16H,3-6H2,1-2H3,(H,24,25)/t14-/m0/s1. The average molecular weight is 398 g/mol. The minimum absolute atomic E-state index is 0.103. The molecule has 6 heteroatoms. The highest BCUT2D eigenvalue weighted by atomic mass is 32.2. The Hall–Kier alpha value is -1.92. The van der Waals surface area contributed by atoms with E-state index in [2.05, 4.69) is 51.9 Å². The van der Waals surface area contributed by atoms with Gasteiger partial charge in [0.05, 0.1) is 10.6 Å². The maximum absolute atomic E-state index is 12.6. The number of fused-ring (bicyclic) bond motifs is 1. The summed E-state index contributed by atoms with van der Waals surface area (Å²) in [6.45, 7) is 4.05. The number of thioether (sulfide) groups is 1. The van der Waals surface area contributed by atoms with E-state index in [4.69, 9.17) is 0 Å². The van der Waals surface area contributed by atoms with E-state index in [-0.39, 0.29) is 11.2 Å². The van der Waals surface area contributed by atoms with Gasteiger partial charge in [-0.15, -0.1) is 11.3 Å². The molecule has 3 aromatic rings. The fourth-order valence-corrected chi connectivity index (χ4v) is 5.42. The van der Waals surface area contributed by atoms with Gasteiger partial charge in [-0.25, -0.2) is 9.97 Å². The Balaban J connectivity index is 1.60. The van der Waals surface area contributed by atoms with Crippen LogP contribution in [0.15, 0.2) is 41.0 Å². The zero-order valence-corrected chi connectivity index (χ0v) is 17.2. The maximum atomic E-state index is 12.6. The first kappa shape index (κ1) is 18.4. The summed E-state index contributed by atoms with van der Waals surface area (Å²) in [4.78, 5) is 22.5. The molecule has 1 saturated carbocycles. The SMILES string of the molecule is Cc1ccc(-c2csc3ncnc(S[C@@H](C)C(=O)NC4CCCC4)c23)cc1. The van der Waals surface area contributed by atoms with Crippen LogP contribution < -0.4 is 5.32 Å². The summed E-state index contributed by atoms with van der Waals surface area (Å²) in [5.74, 6) is 0.103. The molecule has 1 aromatic carbocycles. The largest absolute Gasteiger partial charge is 0.352 e. The van der Waals surface area contributed by atoms with Crippen LogP contribution in [-0.4, -0.2) is 27.2 Å². The normalized spacial score (nSPS) is 15.9. The van der Waals surface area contributed by atoms with E-state index in [9.17, 15) is 4.79 Å². The van der Waals surface area contributed by atoms with Crippen LogP contribution in [0.4, 0.5) is 0 Å². The molecule has 2 aromatic heterocycles. The number of thiophene rings is 1. The molecule has 1 N–H and O–H groups in total. The second kappa shape index (κ2) is 7.98. The molecule has 0 aliphatic heterocycles. The van der Waals surface area contributed by atoms with E-state index in [1.54, 1.807) is 17.7 Å². The molecular weight excluding hydrogens is 374 g/mol. The number of rotatable bonds is 5. The highest BCUT2D eigenvalue weighted by Gasteiger charge is 2.23. The van der Waals surface area contributed by atoms with Crippen LogP contribution in [-0.2, 0) is 4.79 Å². The molecular formula is C21H23N3OS2. The Labute approximate surface area is 167 Å². The molecule has 0 unspecified atom stereocenters. The summed E-state index contributed by atoms with van der Waals surface area (Å²) < 4.78 is 0. The third kappa shape index (κ3) is 4.01. The van der Waals surface area contributed by atoms with Crippen LogP contribution in [0.3, 0.4) is 0 Å². The smallest absolute Gasteiger partial charge is 0.233 e. The van der Waals surface area contributed by atoms with E-state index >= 15 is 0 Å². The molecule has 0 spiro atoms. The van der Waals surface area contributed by atoms with Crippen molar-refractivity contribution in [3.8, 4) is 11.1 Å². The van der Waals surface area contributed by atoms with E-state index < -0.39 is 0 Å². The van der Waals surface area contributed by atoms with Gasteiger partial charge in [0.2, 0.25) is 5.91 Å². The minimum atomic E-state index is -0.186. The highest BCUT2D eigenvalue weighted by molar-refractivity contribution is 8.00. The van der Waals surface area contributed by atoms with Crippen molar-refractivity contribution < 1.29 is 4.79 Å². The molecule has 140 valence electrons. The zero-order chi connectivity index (χ0) is 18.8. The fourth-order valence-electron chi connectivity index (χ4n) is 3.49. The molecule has 2 heterocycles. The molecule has 1 atom stereocenters. The van der Waals surface area contributed by atoms with Gasteiger partial charge in [0.15, 0.2) is 0 Å². The first-order valence-electron chi connectivity index (χ1n) is 9.38. The summed E-state index contributed by atoms with van der Waals surface area (Å²) in [7, 11) is 0. The van der Waals surface area contributed by atoms with E-state index in [1.165, 1.54) is 30.2 Å². The average Bonchev–Trinajstić information content (AvgIpc) is 3.32. The molecule has 0 bridgehead atoms. The van der Waals surface area contributed by atoms with Crippen molar-refractivity contribution >= 4 is 39.2 Å². The first-order chi connectivity index (χ1) is 13.1. The third-order valence-corrected chi connectivity index (χ3v) is 7.04. The zero-order valence-electron chi connectivity index (χ0n) is 15.6. The fraction of sp³-hybridized carbons (Fsp3) is 0.381. The maximum Gasteiger partial charge on any atom is 0.233 e. The number of carbonyl (C=O) groups excluding carboxylic acids is 1. The van der Waals surface area contributed by atoms with Crippen LogP contribution in [0.1, 0.15) is 38.2 Å². The molecule has 0 saturated heterocycles. The van der Waals surface area contributed by atoms with Crippen molar-refractivity contribution in [1.29, 1.82) is 0 Å². The summed E-state index contributed by atoms with van der Waals surface area (Å²) in [5, 5.41) is 7.08. The lowest BCUT2D eigenvalue weighted by Gasteiger charge is -2.16. The quantitative estimate of drug-likeness (QED) is 0.474. The summed E-state index contributed by atoms with van der Waals surface area (Å²) in [5.41, 5.74) is 3.54. The van der Waals surface area contributed by atoms with Gasteiger partial charge in [0.1, 0.15) is 16.2 Å². The highest BCUT2D eigenvalue weighted by Crippen LogP contribution is 2.39. The second-order valence-electron chi connectivity index (χ2n) is 7.12. The van der Waals surface area contributed by atoms with Gasteiger partial charge in [0.25, 0.3) is 0 Å². The Bertz CT molecular complexity index is 946. The number of nitrogens with one attached hydrogen (secondary N) is 1. The van der Waals surface area contributed by atoms with Gasteiger partial charge in [-0.2, -0.15) is 0 Å². The topological polar surface area (TPSA) is 54.9 Å². The Morgan fingerprint density at radius 2 is 1.96 bits per heavy atom. The van der Waals surface area contributed by atoms with Crippen molar-refractivity contribution in [3.05, 3.63) is 41.5 Å². The van der Waals surface area contributed by atoms with Crippen molar-refractivity contribution in [2.75, 3.05) is 0 Å². The molecule has 4 rings (SSSR count). The number of hydrogen-bond acceptors (Lipinski definition) is 5. The molecule has 1 aliphatic rings. The van der Waals surface area contributed by atoms with Crippen molar-refractivity contribution in [1.82, 2.24) is 15.3 Å². The lowest BCUT2D eigenvalue weighted by atomic mass is 10.1. The summed E-state index contributed by atoms with van der Waals surface area (Å²) >= 11 is 3.15.